The molecule has 0 unspecified atom stereocenters. The van der Waals surface area contributed by atoms with Crippen LogP contribution >= 0.6 is 11.6 Å². The van der Waals surface area contributed by atoms with Crippen LogP contribution in [-0.4, -0.2) is 19.6 Å². The van der Waals surface area contributed by atoms with Gasteiger partial charge in [0.25, 0.3) is 5.56 Å². The van der Waals surface area contributed by atoms with E-state index in [1.54, 1.807) is 10.8 Å². The molecule has 0 saturated carbocycles. The number of aromatic nitrogens is 4. The summed E-state index contributed by atoms with van der Waals surface area (Å²) in [5, 5.41) is 11.4. The maximum atomic E-state index is 11.9. The third kappa shape index (κ3) is 3.03. The summed E-state index contributed by atoms with van der Waals surface area (Å²) in [4.78, 5) is 11.9. The van der Waals surface area contributed by atoms with Crippen molar-refractivity contribution in [1.82, 2.24) is 19.6 Å². The van der Waals surface area contributed by atoms with Crippen LogP contribution in [-0.2, 0) is 20.1 Å². The van der Waals surface area contributed by atoms with Gasteiger partial charge in [-0.3, -0.25) is 9.48 Å². The Morgan fingerprint density at radius 1 is 1.58 bits per heavy atom. The molecule has 0 atom stereocenters. The maximum absolute atomic E-state index is 11.9. The van der Waals surface area contributed by atoms with Gasteiger partial charge in [0, 0.05) is 13.2 Å². The van der Waals surface area contributed by atoms with Crippen LogP contribution in [0.2, 0.25) is 5.02 Å². The summed E-state index contributed by atoms with van der Waals surface area (Å²) in [7, 11) is 1.84. The molecule has 19 heavy (non-hydrogen) atoms. The minimum atomic E-state index is -0.340. The van der Waals surface area contributed by atoms with Gasteiger partial charge in [-0.1, -0.05) is 17.7 Å². The monoisotopic (exact) mass is 279 g/mol. The Morgan fingerprint density at radius 2 is 2.37 bits per heavy atom. The van der Waals surface area contributed by atoms with Gasteiger partial charge in [0.2, 0.25) is 0 Å². The molecule has 0 aliphatic carbocycles. The van der Waals surface area contributed by atoms with Crippen LogP contribution in [0.1, 0.15) is 5.69 Å². The van der Waals surface area contributed by atoms with Gasteiger partial charge in [-0.15, -0.1) is 6.58 Å². The van der Waals surface area contributed by atoms with E-state index in [4.69, 9.17) is 11.6 Å². The maximum Gasteiger partial charge on any atom is 0.287 e. The Balaban J connectivity index is 2.15. The van der Waals surface area contributed by atoms with Crippen molar-refractivity contribution < 1.29 is 0 Å². The van der Waals surface area contributed by atoms with Crippen molar-refractivity contribution in [2.75, 3.05) is 5.32 Å². The molecule has 0 saturated heterocycles. The van der Waals surface area contributed by atoms with Crippen molar-refractivity contribution in [3.63, 3.8) is 0 Å². The van der Waals surface area contributed by atoms with Crippen molar-refractivity contribution in [3.8, 4) is 0 Å². The molecule has 2 aromatic heterocycles. The molecule has 0 aromatic carbocycles. The van der Waals surface area contributed by atoms with E-state index in [1.807, 2.05) is 19.3 Å². The fraction of sp³-hybridized carbons (Fsp3) is 0.250. The van der Waals surface area contributed by atoms with Crippen LogP contribution in [0.25, 0.3) is 0 Å². The van der Waals surface area contributed by atoms with Crippen LogP contribution in [0.15, 0.2) is 35.9 Å². The Bertz CT molecular complexity index is 646. The van der Waals surface area contributed by atoms with Crippen molar-refractivity contribution >= 4 is 17.3 Å². The van der Waals surface area contributed by atoms with Gasteiger partial charge >= 0.3 is 0 Å². The molecule has 6 nitrogen and oxygen atoms in total. The average Bonchev–Trinajstić information content (AvgIpc) is 2.80. The minimum absolute atomic E-state index is 0.118. The summed E-state index contributed by atoms with van der Waals surface area (Å²) < 4.78 is 2.96. The van der Waals surface area contributed by atoms with Crippen LogP contribution in [0.3, 0.4) is 0 Å². The minimum Gasteiger partial charge on any atom is -0.377 e. The first-order valence-electron chi connectivity index (χ1n) is 5.70. The highest BCUT2D eigenvalue weighted by atomic mass is 35.5. The van der Waals surface area contributed by atoms with E-state index >= 15 is 0 Å². The third-order valence-corrected chi connectivity index (χ3v) is 2.88. The van der Waals surface area contributed by atoms with Crippen molar-refractivity contribution in [2.24, 2.45) is 7.05 Å². The third-order valence-electron chi connectivity index (χ3n) is 2.52. The molecule has 100 valence electrons. The van der Waals surface area contributed by atoms with Crippen molar-refractivity contribution in [2.45, 2.75) is 13.1 Å². The number of allylic oxidation sites excluding steroid dienone is 1. The topological polar surface area (TPSA) is 64.7 Å². The zero-order chi connectivity index (χ0) is 13.8. The SMILES string of the molecule is C=CCn1ncc(NCc2ccn(C)n2)c(Cl)c1=O. The number of aryl methyl sites for hydroxylation is 1. The molecular weight excluding hydrogens is 266 g/mol. The van der Waals surface area contributed by atoms with Gasteiger partial charge in [0.1, 0.15) is 5.02 Å². The second-order valence-electron chi connectivity index (χ2n) is 3.98. The van der Waals surface area contributed by atoms with Gasteiger partial charge in [0.05, 0.1) is 30.7 Å². The highest BCUT2D eigenvalue weighted by Crippen LogP contribution is 2.15. The highest BCUT2D eigenvalue weighted by Gasteiger charge is 2.08. The molecule has 0 amide bonds. The Labute approximate surface area is 115 Å². The summed E-state index contributed by atoms with van der Waals surface area (Å²) >= 11 is 6.01. The number of nitrogens with zero attached hydrogens (tertiary/aromatic N) is 4. The van der Waals surface area contributed by atoms with E-state index in [1.165, 1.54) is 10.9 Å². The number of rotatable bonds is 5. The highest BCUT2D eigenvalue weighted by molar-refractivity contribution is 6.32. The lowest BCUT2D eigenvalue weighted by Gasteiger charge is -2.08. The summed E-state index contributed by atoms with van der Waals surface area (Å²) in [5.74, 6) is 0. The van der Waals surface area contributed by atoms with E-state index in [2.05, 4.69) is 22.1 Å². The summed E-state index contributed by atoms with van der Waals surface area (Å²) in [6.45, 7) is 4.37. The number of anilines is 1. The molecule has 2 rings (SSSR count). The predicted molar refractivity (Wildman–Crippen MR) is 74.2 cm³/mol. The molecule has 0 spiro atoms. The van der Waals surface area contributed by atoms with E-state index in [0.29, 0.717) is 18.8 Å². The Morgan fingerprint density at radius 3 is 3.00 bits per heavy atom. The largest absolute Gasteiger partial charge is 0.377 e. The van der Waals surface area contributed by atoms with Crippen LogP contribution in [0.5, 0.6) is 0 Å². The van der Waals surface area contributed by atoms with Crippen LogP contribution < -0.4 is 10.9 Å². The van der Waals surface area contributed by atoms with Gasteiger partial charge in [-0.25, -0.2) is 4.68 Å². The van der Waals surface area contributed by atoms with Gasteiger partial charge < -0.3 is 5.32 Å². The lowest BCUT2D eigenvalue weighted by molar-refractivity contribution is 0.652. The quantitative estimate of drug-likeness (QED) is 0.841. The van der Waals surface area contributed by atoms with E-state index in [-0.39, 0.29) is 10.6 Å². The lowest BCUT2D eigenvalue weighted by atomic mass is 10.4. The molecule has 7 heteroatoms. The second-order valence-corrected chi connectivity index (χ2v) is 4.36. The number of hydrogen-bond donors (Lipinski definition) is 1. The number of halogens is 1. The Kier molecular flexibility index (Phi) is 4.01. The Hall–Kier alpha value is -2.08. The molecule has 0 aliphatic rings. The summed E-state index contributed by atoms with van der Waals surface area (Å²) in [6.07, 6.45) is 4.96. The predicted octanol–water partition coefficient (Wildman–Crippen LogP) is 1.43. The van der Waals surface area contributed by atoms with Gasteiger partial charge in [-0.2, -0.15) is 10.2 Å². The molecule has 0 bridgehead atoms. The van der Waals surface area contributed by atoms with Crippen molar-refractivity contribution in [3.05, 3.63) is 52.2 Å². The molecule has 0 fully saturated rings. The zero-order valence-electron chi connectivity index (χ0n) is 10.5. The summed E-state index contributed by atoms with van der Waals surface area (Å²) in [6, 6.07) is 1.88. The zero-order valence-corrected chi connectivity index (χ0v) is 11.3. The first-order chi connectivity index (χ1) is 9.11. The second kappa shape index (κ2) is 5.71. The average molecular weight is 280 g/mol. The van der Waals surface area contributed by atoms with Crippen LogP contribution in [0.4, 0.5) is 5.69 Å². The molecule has 0 radical (unpaired) electrons. The van der Waals surface area contributed by atoms with Gasteiger partial charge in [-0.05, 0) is 6.07 Å². The lowest BCUT2D eigenvalue weighted by Crippen LogP contribution is -2.23. The van der Waals surface area contributed by atoms with E-state index < -0.39 is 0 Å². The smallest absolute Gasteiger partial charge is 0.287 e. The number of hydrogen-bond acceptors (Lipinski definition) is 4. The molecule has 2 heterocycles. The summed E-state index contributed by atoms with van der Waals surface area (Å²) in [5.41, 5.74) is 1.01. The molecule has 0 aliphatic heterocycles. The molecule has 2 aromatic rings. The first-order valence-corrected chi connectivity index (χ1v) is 6.08. The standard InChI is InChI=1S/C12H14ClN5O/c1-3-5-18-12(19)11(13)10(8-15-18)14-7-9-4-6-17(2)16-9/h3-4,6,8,14H,1,5,7H2,2H3. The normalized spacial score (nSPS) is 10.4. The van der Waals surface area contributed by atoms with E-state index in [9.17, 15) is 4.79 Å². The van der Waals surface area contributed by atoms with Crippen LogP contribution in [0, 0.1) is 0 Å². The fourth-order valence-corrected chi connectivity index (χ4v) is 1.80. The molecule has 1 N–H and O–H groups in total. The first kappa shape index (κ1) is 13.4. The number of nitrogens with one attached hydrogen (secondary N) is 1. The fourth-order valence-electron chi connectivity index (χ4n) is 1.58. The van der Waals surface area contributed by atoms with Crippen molar-refractivity contribution in [1.29, 1.82) is 0 Å². The molecular formula is C12H14ClN5O. The van der Waals surface area contributed by atoms with Gasteiger partial charge in [0.15, 0.2) is 0 Å². The van der Waals surface area contributed by atoms with E-state index in [0.717, 1.165) is 5.69 Å².